The van der Waals surface area contributed by atoms with Gasteiger partial charge in [-0.1, -0.05) is 41.4 Å². The van der Waals surface area contributed by atoms with Gasteiger partial charge in [0.15, 0.2) is 0 Å². The van der Waals surface area contributed by atoms with E-state index in [-0.39, 0.29) is 47.0 Å². The summed E-state index contributed by atoms with van der Waals surface area (Å²) in [5, 5.41) is 24.2. The van der Waals surface area contributed by atoms with Gasteiger partial charge in [0, 0.05) is 28.6 Å². The molecule has 2 aliphatic heterocycles. The van der Waals surface area contributed by atoms with Crippen molar-refractivity contribution in [2.75, 3.05) is 17.4 Å². The summed E-state index contributed by atoms with van der Waals surface area (Å²) < 4.78 is 19.7. The van der Waals surface area contributed by atoms with Crippen molar-refractivity contribution in [1.29, 1.82) is 0 Å². The third-order valence-electron chi connectivity index (χ3n) is 11.1. The predicted molar refractivity (Wildman–Crippen MR) is 189 cm³/mol. The molecule has 4 amide bonds. The van der Waals surface area contributed by atoms with Crippen LogP contribution in [-0.4, -0.2) is 45.8 Å². The molecular formula is C39H30ClFN4O8. The summed E-state index contributed by atoms with van der Waals surface area (Å²) in [5.74, 6) is -7.55. The van der Waals surface area contributed by atoms with Crippen LogP contribution in [0.5, 0.6) is 11.5 Å². The number of hydrogen-bond acceptors (Lipinski definition) is 9. The van der Waals surface area contributed by atoms with Crippen LogP contribution in [0.25, 0.3) is 0 Å². The van der Waals surface area contributed by atoms with Crippen molar-refractivity contribution in [3.63, 3.8) is 0 Å². The van der Waals surface area contributed by atoms with Gasteiger partial charge >= 0.3 is 0 Å². The number of fused-ring (bicyclic) bond motifs is 4. The van der Waals surface area contributed by atoms with Crippen LogP contribution in [-0.2, 0) is 24.6 Å². The molecule has 2 aliphatic carbocycles. The van der Waals surface area contributed by atoms with E-state index >= 15 is 4.79 Å². The Kier molecular flexibility index (Phi) is 8.06. The van der Waals surface area contributed by atoms with Crippen molar-refractivity contribution in [1.82, 2.24) is 5.01 Å². The summed E-state index contributed by atoms with van der Waals surface area (Å²) in [5.41, 5.74) is 2.61. The Labute approximate surface area is 306 Å². The molecule has 2 N–H and O–H groups in total. The molecule has 0 spiro atoms. The molecule has 0 unspecified atom stereocenters. The molecule has 3 fully saturated rings. The molecule has 0 aromatic heterocycles. The molecular weight excluding hydrogens is 707 g/mol. The van der Waals surface area contributed by atoms with Gasteiger partial charge in [0.25, 0.3) is 17.5 Å². The number of anilines is 2. The van der Waals surface area contributed by atoms with E-state index in [1.807, 2.05) is 6.08 Å². The maximum atomic E-state index is 15.3. The van der Waals surface area contributed by atoms with Crippen LogP contribution in [0, 0.1) is 39.6 Å². The smallest absolute Gasteiger partial charge is 0.269 e. The monoisotopic (exact) mass is 736 g/mol. The van der Waals surface area contributed by atoms with Crippen molar-refractivity contribution in [3.05, 3.63) is 135 Å². The molecule has 1 saturated carbocycles. The average Bonchev–Trinajstić information content (AvgIpc) is 3.53. The van der Waals surface area contributed by atoms with Gasteiger partial charge in [-0.25, -0.2) is 4.39 Å². The second-order valence-corrected chi connectivity index (χ2v) is 14.0. The SMILES string of the molecule is COc1cccc(O)c1[C@H]1C2=CC[C@@H]3C(=O)N(c4ccc([N+](=O)[O-])cc4)C(=O)[C@@H]3[C@@H]2C[C@H]2C(=O)N(Nc3ccc(F)cc3)C(=O)[C@@]12c1ccc(Cl)cc1. The van der Waals surface area contributed by atoms with Gasteiger partial charge in [-0.3, -0.25) is 39.6 Å². The number of aromatic hydroxyl groups is 1. The molecule has 2 saturated heterocycles. The second kappa shape index (κ2) is 12.6. The normalized spacial score (nSPS) is 26.2. The summed E-state index contributed by atoms with van der Waals surface area (Å²) >= 11 is 6.34. The van der Waals surface area contributed by atoms with E-state index in [0.29, 0.717) is 16.2 Å². The number of ether oxygens (including phenoxy) is 1. The van der Waals surface area contributed by atoms with Crippen LogP contribution in [0.3, 0.4) is 0 Å². The van der Waals surface area contributed by atoms with Gasteiger partial charge < -0.3 is 9.84 Å². The minimum absolute atomic E-state index is 0.0265. The predicted octanol–water partition coefficient (Wildman–Crippen LogP) is 6.29. The number of imide groups is 2. The van der Waals surface area contributed by atoms with Crippen molar-refractivity contribution in [2.45, 2.75) is 24.2 Å². The van der Waals surface area contributed by atoms with Gasteiger partial charge in [0.05, 0.1) is 46.6 Å². The summed E-state index contributed by atoms with van der Waals surface area (Å²) in [6.45, 7) is 0. The number of benzene rings is 4. The average molecular weight is 737 g/mol. The van der Waals surface area contributed by atoms with Crippen LogP contribution in [0.2, 0.25) is 5.02 Å². The minimum Gasteiger partial charge on any atom is -0.508 e. The first-order valence-electron chi connectivity index (χ1n) is 16.8. The summed E-state index contributed by atoms with van der Waals surface area (Å²) in [4.78, 5) is 70.3. The fourth-order valence-corrected chi connectivity index (χ4v) is 9.07. The van der Waals surface area contributed by atoms with Crippen molar-refractivity contribution in [2.24, 2.45) is 23.7 Å². The highest BCUT2D eigenvalue weighted by Crippen LogP contribution is 2.66. The molecule has 14 heteroatoms. The number of rotatable bonds is 7. The molecule has 4 aromatic rings. The molecule has 268 valence electrons. The Balaban J connectivity index is 1.33. The number of phenolic OH excluding ortho intramolecular Hbond substituents is 1. The first kappa shape index (κ1) is 34.0. The number of amides is 4. The number of nitrogens with one attached hydrogen (secondary N) is 1. The third-order valence-corrected chi connectivity index (χ3v) is 11.4. The first-order valence-corrected chi connectivity index (χ1v) is 17.2. The van der Waals surface area contributed by atoms with Crippen LogP contribution in [0.15, 0.2) is 103 Å². The Morgan fingerprint density at radius 3 is 2.28 bits per heavy atom. The van der Waals surface area contributed by atoms with Gasteiger partial charge in [0.1, 0.15) is 17.3 Å². The quantitative estimate of drug-likeness (QED) is 0.0962. The zero-order valence-corrected chi connectivity index (χ0v) is 28.7. The third kappa shape index (κ3) is 5.01. The topological polar surface area (TPSA) is 159 Å². The Bertz CT molecular complexity index is 2250. The number of allylic oxidation sites excluding steroid dienone is 2. The lowest BCUT2D eigenvalue weighted by atomic mass is 9.49. The van der Waals surface area contributed by atoms with Gasteiger partial charge in [0.2, 0.25) is 11.8 Å². The molecule has 6 atom stereocenters. The van der Waals surface area contributed by atoms with Crippen LogP contribution in [0.1, 0.15) is 29.9 Å². The van der Waals surface area contributed by atoms with Crippen LogP contribution in [0.4, 0.5) is 21.5 Å². The summed E-state index contributed by atoms with van der Waals surface area (Å²) in [7, 11) is 1.42. The maximum Gasteiger partial charge on any atom is 0.269 e. The van der Waals surface area contributed by atoms with Crippen molar-refractivity contribution >= 4 is 52.3 Å². The largest absolute Gasteiger partial charge is 0.508 e. The van der Waals surface area contributed by atoms with Gasteiger partial charge in [-0.15, -0.1) is 0 Å². The van der Waals surface area contributed by atoms with Crippen molar-refractivity contribution in [3.8, 4) is 11.5 Å². The lowest BCUT2D eigenvalue weighted by molar-refractivity contribution is -0.384. The molecule has 0 bridgehead atoms. The molecule has 0 radical (unpaired) electrons. The fraction of sp³-hybridized carbons (Fsp3) is 0.231. The lowest BCUT2D eigenvalue weighted by Gasteiger charge is -2.50. The number of nitrogens with zero attached hydrogens (tertiary/aromatic N) is 3. The first-order chi connectivity index (χ1) is 25.5. The zero-order valence-electron chi connectivity index (χ0n) is 27.9. The number of carbonyl (C=O) groups is 4. The number of nitro groups is 1. The van der Waals surface area contributed by atoms with E-state index in [9.17, 15) is 34.0 Å². The molecule has 12 nitrogen and oxygen atoms in total. The number of hydrogen-bond donors (Lipinski definition) is 2. The molecule has 8 rings (SSSR count). The molecule has 53 heavy (non-hydrogen) atoms. The van der Waals surface area contributed by atoms with Gasteiger partial charge in [-0.2, -0.15) is 5.01 Å². The Hall–Kier alpha value is -6.08. The Morgan fingerprint density at radius 2 is 1.62 bits per heavy atom. The second-order valence-electron chi connectivity index (χ2n) is 13.6. The number of hydrazine groups is 1. The Morgan fingerprint density at radius 1 is 0.925 bits per heavy atom. The highest BCUT2D eigenvalue weighted by Gasteiger charge is 2.71. The molecule has 2 heterocycles. The fourth-order valence-electron chi connectivity index (χ4n) is 8.95. The summed E-state index contributed by atoms with van der Waals surface area (Å²) in [6, 6.07) is 21.5. The highest BCUT2D eigenvalue weighted by atomic mass is 35.5. The van der Waals surface area contributed by atoms with Gasteiger partial charge in [-0.05, 0) is 85.0 Å². The number of nitro benzene ring substituents is 1. The number of halogens is 2. The maximum absolute atomic E-state index is 15.3. The van der Waals surface area contributed by atoms with E-state index in [1.54, 1.807) is 36.4 Å². The van der Waals surface area contributed by atoms with Crippen molar-refractivity contribution < 1.29 is 38.3 Å². The molecule has 4 aliphatic rings. The highest BCUT2D eigenvalue weighted by molar-refractivity contribution is 6.30. The number of non-ortho nitro benzene ring substituents is 1. The standard InChI is InChI=1S/C39H30ClFN4O8/c1-53-31-4-2-3-30(46)33(31)34-26-17-18-27-32(37(49)43(35(27)47)24-13-15-25(16-14-24)45(51)52)28(26)19-29-36(48)44(42-23-11-9-22(41)10-12-23)38(50)39(29,34)20-5-7-21(40)8-6-20/h2-17,27-29,32,34,42,46H,18-19H2,1H3/t27-,28+,29-,32-,34+,39+/m0/s1. The van der Waals surface area contributed by atoms with Crippen LogP contribution < -0.4 is 15.1 Å². The number of methoxy groups -OCH3 is 1. The van der Waals surface area contributed by atoms with Crippen LogP contribution >= 0.6 is 11.6 Å². The zero-order chi connectivity index (χ0) is 37.3. The van der Waals surface area contributed by atoms with E-state index in [0.717, 1.165) is 9.91 Å². The van der Waals surface area contributed by atoms with E-state index in [4.69, 9.17) is 16.3 Å². The van der Waals surface area contributed by atoms with E-state index in [1.165, 1.54) is 61.7 Å². The number of carbonyl (C=O) groups excluding carboxylic acids is 4. The minimum atomic E-state index is -1.72. The lowest BCUT2D eigenvalue weighted by Crippen LogP contribution is -2.53. The number of phenols is 1. The molecule has 4 aromatic carbocycles. The van der Waals surface area contributed by atoms with E-state index < -0.39 is 69.4 Å². The summed E-state index contributed by atoms with van der Waals surface area (Å²) in [6.07, 6.45) is 1.91. The van der Waals surface area contributed by atoms with E-state index in [2.05, 4.69) is 5.43 Å².